The number of hydrogen-bond acceptors (Lipinski definition) is 1. The van der Waals surface area contributed by atoms with Crippen LogP contribution in [0.1, 0.15) is 78.1 Å². The summed E-state index contributed by atoms with van der Waals surface area (Å²) >= 11 is 0. The summed E-state index contributed by atoms with van der Waals surface area (Å²) in [5, 5.41) is 0. The summed E-state index contributed by atoms with van der Waals surface area (Å²) < 4.78 is 0. The first kappa shape index (κ1) is 19.5. The highest BCUT2D eigenvalue weighted by Gasteiger charge is 1.90. The van der Waals surface area contributed by atoms with Crippen LogP contribution in [-0.4, -0.2) is 5.48 Å². The Labute approximate surface area is 90.4 Å². The molecule has 0 unspecified atom stereocenters. The smallest absolute Gasteiger partial charge is 0.0533 e. The Kier molecular flexibility index (Phi) is 26.0. The molecule has 0 radical (unpaired) electrons. The van der Waals surface area contributed by atoms with Gasteiger partial charge in [0.15, 0.2) is 0 Å². The fraction of sp³-hybridized carbons (Fsp3) is 1.00. The molecule has 0 spiro atoms. The molecule has 2 nitrogen and oxygen atoms in total. The summed E-state index contributed by atoms with van der Waals surface area (Å²) in [6.07, 6.45) is 14.4. The maximum atomic E-state index is 2.28. The zero-order chi connectivity index (χ0) is 9.07. The third kappa shape index (κ3) is 17.9. The van der Waals surface area contributed by atoms with Crippen molar-refractivity contribution in [1.82, 2.24) is 6.15 Å². The molecule has 0 rings (SSSR count). The summed E-state index contributed by atoms with van der Waals surface area (Å²) in [5.41, 5.74) is 0. The van der Waals surface area contributed by atoms with Gasteiger partial charge in [0.05, 0.1) is 0 Å². The minimum Gasteiger partial charge on any atom is -0.412 e. The summed E-state index contributed by atoms with van der Waals surface area (Å²) in [4.78, 5) is 0. The van der Waals surface area contributed by atoms with Crippen LogP contribution >= 0.6 is 0 Å². The van der Waals surface area contributed by atoms with E-state index >= 15 is 0 Å². The Morgan fingerprint density at radius 1 is 0.500 bits per heavy atom. The Hall–Kier alpha value is -0.0800. The first-order chi connectivity index (χ1) is 5.91. The van der Waals surface area contributed by atoms with Crippen molar-refractivity contribution in [3.8, 4) is 0 Å². The van der Waals surface area contributed by atoms with Gasteiger partial charge in [-0.15, -0.1) is 0 Å². The number of rotatable bonds is 9. The van der Waals surface area contributed by atoms with E-state index in [2.05, 4.69) is 13.8 Å². The van der Waals surface area contributed by atoms with Gasteiger partial charge >= 0.3 is 0 Å². The second kappa shape index (κ2) is 18.7. The third-order valence-electron chi connectivity index (χ3n) is 2.46. The minimum atomic E-state index is 0. The van der Waals surface area contributed by atoms with Crippen molar-refractivity contribution in [3.63, 3.8) is 0 Å². The van der Waals surface area contributed by atoms with E-state index in [0.29, 0.717) is 0 Å². The minimum absolute atomic E-state index is 0. The van der Waals surface area contributed by atoms with Gasteiger partial charge in [-0.1, -0.05) is 78.1 Å². The predicted octanol–water partition coefficient (Wildman–Crippen LogP) is 4.26. The van der Waals surface area contributed by atoms with Crippen LogP contribution < -0.4 is 6.15 Å². The molecule has 0 saturated heterocycles. The third-order valence-corrected chi connectivity index (χ3v) is 2.46. The summed E-state index contributed by atoms with van der Waals surface area (Å²) in [6.45, 7) is 4.56. The molecule has 90 valence electrons. The fourth-order valence-electron chi connectivity index (χ4n) is 1.56. The van der Waals surface area contributed by atoms with E-state index in [0.717, 1.165) is 0 Å². The average Bonchev–Trinajstić information content (AvgIpc) is 2.10. The van der Waals surface area contributed by atoms with Crippen molar-refractivity contribution in [2.75, 3.05) is 0 Å². The fourth-order valence-corrected chi connectivity index (χ4v) is 1.56. The molecule has 0 aromatic rings. The molecule has 0 heterocycles. The molecule has 0 atom stereocenters. The van der Waals surface area contributed by atoms with Gasteiger partial charge in [-0.05, 0) is 0 Å². The van der Waals surface area contributed by atoms with Crippen molar-refractivity contribution in [2.24, 2.45) is 0 Å². The lowest BCUT2D eigenvalue weighted by Crippen LogP contribution is -1.80. The molecule has 0 amide bonds. The van der Waals surface area contributed by atoms with Crippen LogP contribution in [0.3, 0.4) is 0 Å². The van der Waals surface area contributed by atoms with Crippen LogP contribution in [-0.2, 0) is 0 Å². The van der Waals surface area contributed by atoms with E-state index in [1.807, 2.05) is 0 Å². The first-order valence-corrected chi connectivity index (χ1v) is 5.91. The normalized spacial score (nSPS) is 9.00. The molecule has 0 saturated carbocycles. The zero-order valence-electron chi connectivity index (χ0n) is 10.3. The zero-order valence-corrected chi connectivity index (χ0v) is 10.3. The molecule has 0 aliphatic carbocycles. The van der Waals surface area contributed by atoms with Crippen LogP contribution in [0.2, 0.25) is 0 Å². The molecule has 0 aromatic heterocycles. The predicted molar refractivity (Wildman–Crippen MR) is 66.2 cm³/mol. The van der Waals surface area contributed by atoms with Crippen LogP contribution in [0, 0.1) is 0 Å². The van der Waals surface area contributed by atoms with Crippen molar-refractivity contribution in [3.05, 3.63) is 0 Å². The van der Waals surface area contributed by atoms with E-state index in [-0.39, 0.29) is 11.6 Å². The molecular formula is C12H31NO. The Morgan fingerprint density at radius 3 is 0.929 bits per heavy atom. The monoisotopic (exact) mass is 205 g/mol. The van der Waals surface area contributed by atoms with Gasteiger partial charge in [0.2, 0.25) is 0 Å². The average molecular weight is 205 g/mol. The quantitative estimate of drug-likeness (QED) is 0.561. The summed E-state index contributed by atoms with van der Waals surface area (Å²) in [5.74, 6) is 0. The molecule has 0 aromatic carbocycles. The number of unbranched alkanes of at least 4 members (excludes halogenated alkanes) is 9. The SMILES string of the molecule is CCCCCCCCCCCC.N.O. The van der Waals surface area contributed by atoms with E-state index < -0.39 is 0 Å². The highest BCUT2D eigenvalue weighted by atomic mass is 16.0. The Bertz CT molecular complexity index is 66.7. The second-order valence-corrected chi connectivity index (χ2v) is 3.83. The van der Waals surface area contributed by atoms with Crippen LogP contribution in [0.5, 0.6) is 0 Å². The van der Waals surface area contributed by atoms with Crippen LogP contribution in [0.25, 0.3) is 0 Å². The van der Waals surface area contributed by atoms with Crippen molar-refractivity contribution in [1.29, 1.82) is 0 Å². The lowest BCUT2D eigenvalue weighted by Gasteiger charge is -1.99. The molecule has 5 N–H and O–H groups in total. The largest absolute Gasteiger partial charge is 0.412 e. The molecule has 0 fully saturated rings. The van der Waals surface area contributed by atoms with Gasteiger partial charge in [0, 0.05) is 0 Å². The van der Waals surface area contributed by atoms with Crippen LogP contribution in [0.15, 0.2) is 0 Å². The van der Waals surface area contributed by atoms with Gasteiger partial charge < -0.3 is 11.6 Å². The maximum Gasteiger partial charge on any atom is -0.0533 e. The van der Waals surface area contributed by atoms with E-state index in [1.54, 1.807) is 0 Å². The standard InChI is InChI=1S/C12H26.H3N.H2O/c1-3-5-7-9-11-12-10-8-6-4-2;;/h3-12H2,1-2H3;1H3;1H2. The van der Waals surface area contributed by atoms with Gasteiger partial charge in [0.25, 0.3) is 0 Å². The van der Waals surface area contributed by atoms with Crippen molar-refractivity contribution in [2.45, 2.75) is 78.1 Å². The van der Waals surface area contributed by atoms with Crippen LogP contribution in [0.4, 0.5) is 0 Å². The maximum absolute atomic E-state index is 2.28. The van der Waals surface area contributed by atoms with Gasteiger partial charge in [-0.3, -0.25) is 0 Å². The Balaban J connectivity index is -0.000000605. The highest BCUT2D eigenvalue weighted by molar-refractivity contribution is 4.45. The molecule has 2 heteroatoms. The van der Waals surface area contributed by atoms with E-state index in [1.165, 1.54) is 64.2 Å². The summed E-state index contributed by atoms with van der Waals surface area (Å²) in [6, 6.07) is 0. The second-order valence-electron chi connectivity index (χ2n) is 3.83. The topological polar surface area (TPSA) is 66.5 Å². The van der Waals surface area contributed by atoms with E-state index in [4.69, 9.17) is 0 Å². The lowest BCUT2D eigenvalue weighted by molar-refractivity contribution is 0.562. The highest BCUT2D eigenvalue weighted by Crippen LogP contribution is 2.09. The first-order valence-electron chi connectivity index (χ1n) is 5.91. The van der Waals surface area contributed by atoms with Gasteiger partial charge in [-0.2, -0.15) is 0 Å². The lowest BCUT2D eigenvalue weighted by atomic mass is 10.1. The Morgan fingerprint density at radius 2 is 0.714 bits per heavy atom. The molecule has 0 aliphatic heterocycles. The molecule has 14 heavy (non-hydrogen) atoms. The van der Waals surface area contributed by atoms with E-state index in [9.17, 15) is 0 Å². The summed E-state index contributed by atoms with van der Waals surface area (Å²) in [7, 11) is 0. The molecular weight excluding hydrogens is 174 g/mol. The molecule has 0 bridgehead atoms. The number of hydrogen-bond donors (Lipinski definition) is 1. The van der Waals surface area contributed by atoms with Gasteiger partial charge in [0.1, 0.15) is 0 Å². The van der Waals surface area contributed by atoms with Crippen molar-refractivity contribution >= 4 is 0 Å². The van der Waals surface area contributed by atoms with Crippen molar-refractivity contribution < 1.29 is 5.48 Å². The van der Waals surface area contributed by atoms with Gasteiger partial charge in [-0.25, -0.2) is 0 Å². The molecule has 0 aliphatic rings.